The van der Waals surface area contributed by atoms with Crippen molar-refractivity contribution in [1.29, 1.82) is 0 Å². The SMILES string of the molecule is CNC(=O)CSc1nnc2c(C)cc3ccc(C)c(C)c3n12. The number of pyridine rings is 1. The number of hydrogen-bond donors (Lipinski definition) is 1. The first kappa shape index (κ1) is 14.8. The summed E-state index contributed by atoms with van der Waals surface area (Å²) in [5.41, 5.74) is 5.48. The Morgan fingerprint density at radius 2 is 2.00 bits per heavy atom. The Hall–Kier alpha value is -2.08. The summed E-state index contributed by atoms with van der Waals surface area (Å²) >= 11 is 1.40. The topological polar surface area (TPSA) is 59.3 Å². The Morgan fingerprint density at radius 1 is 1.23 bits per heavy atom. The number of rotatable bonds is 3. The van der Waals surface area contributed by atoms with Crippen molar-refractivity contribution in [2.75, 3.05) is 12.8 Å². The molecule has 0 fully saturated rings. The van der Waals surface area contributed by atoms with Crippen molar-refractivity contribution >= 4 is 34.2 Å². The molecule has 5 nitrogen and oxygen atoms in total. The second kappa shape index (κ2) is 5.61. The molecule has 22 heavy (non-hydrogen) atoms. The number of aryl methyl sites for hydroxylation is 3. The lowest BCUT2D eigenvalue weighted by atomic mass is 10.0. The Balaban J connectivity index is 2.26. The highest BCUT2D eigenvalue weighted by molar-refractivity contribution is 7.99. The zero-order valence-corrected chi connectivity index (χ0v) is 13.9. The average molecular weight is 314 g/mol. The van der Waals surface area contributed by atoms with Gasteiger partial charge in [0.2, 0.25) is 5.91 Å². The van der Waals surface area contributed by atoms with E-state index in [4.69, 9.17) is 0 Å². The number of aromatic nitrogens is 3. The Bertz CT molecular complexity index is 885. The second-order valence-electron chi connectivity index (χ2n) is 5.38. The highest BCUT2D eigenvalue weighted by Gasteiger charge is 2.15. The van der Waals surface area contributed by atoms with E-state index < -0.39 is 0 Å². The van der Waals surface area contributed by atoms with Crippen LogP contribution in [0.15, 0.2) is 23.4 Å². The van der Waals surface area contributed by atoms with Gasteiger partial charge in [0.1, 0.15) is 0 Å². The molecule has 0 bridgehead atoms. The first-order chi connectivity index (χ1) is 10.5. The van der Waals surface area contributed by atoms with Crippen molar-refractivity contribution in [1.82, 2.24) is 19.9 Å². The van der Waals surface area contributed by atoms with Crippen LogP contribution < -0.4 is 5.32 Å². The number of thioether (sulfide) groups is 1. The monoisotopic (exact) mass is 314 g/mol. The molecule has 1 N–H and O–H groups in total. The maximum Gasteiger partial charge on any atom is 0.230 e. The molecule has 3 rings (SSSR count). The van der Waals surface area contributed by atoms with Crippen LogP contribution in [0, 0.1) is 20.8 Å². The molecule has 1 aromatic carbocycles. The van der Waals surface area contributed by atoms with Gasteiger partial charge < -0.3 is 5.32 Å². The number of nitrogens with one attached hydrogen (secondary N) is 1. The van der Waals surface area contributed by atoms with Crippen LogP contribution in [0.2, 0.25) is 0 Å². The third kappa shape index (κ3) is 2.33. The predicted octanol–water partition coefficient (Wildman–Crippen LogP) is 2.65. The molecule has 0 aliphatic carbocycles. The van der Waals surface area contributed by atoms with E-state index in [-0.39, 0.29) is 5.91 Å². The van der Waals surface area contributed by atoms with Gasteiger partial charge in [-0.05, 0) is 48.9 Å². The smallest absolute Gasteiger partial charge is 0.230 e. The van der Waals surface area contributed by atoms with Crippen molar-refractivity contribution in [2.45, 2.75) is 25.9 Å². The largest absolute Gasteiger partial charge is 0.358 e. The van der Waals surface area contributed by atoms with Gasteiger partial charge in [-0.15, -0.1) is 10.2 Å². The minimum Gasteiger partial charge on any atom is -0.358 e. The third-order valence-corrected chi connectivity index (χ3v) is 4.85. The zero-order chi connectivity index (χ0) is 15.9. The second-order valence-corrected chi connectivity index (χ2v) is 6.32. The van der Waals surface area contributed by atoms with E-state index in [1.165, 1.54) is 22.9 Å². The van der Waals surface area contributed by atoms with Crippen LogP contribution in [0.3, 0.4) is 0 Å². The lowest BCUT2D eigenvalue weighted by molar-refractivity contribution is -0.118. The number of fused-ring (bicyclic) bond motifs is 3. The summed E-state index contributed by atoms with van der Waals surface area (Å²) in [4.78, 5) is 11.5. The molecular formula is C16H18N4OS. The van der Waals surface area contributed by atoms with Crippen LogP contribution in [-0.2, 0) is 4.79 Å². The summed E-state index contributed by atoms with van der Waals surface area (Å²) in [5.74, 6) is 0.309. The quantitative estimate of drug-likeness (QED) is 0.755. The van der Waals surface area contributed by atoms with Gasteiger partial charge in [0.05, 0.1) is 11.3 Å². The van der Waals surface area contributed by atoms with E-state index in [2.05, 4.69) is 52.0 Å². The lowest BCUT2D eigenvalue weighted by Gasteiger charge is -2.11. The molecule has 0 radical (unpaired) electrons. The summed E-state index contributed by atoms with van der Waals surface area (Å²) < 4.78 is 2.07. The third-order valence-electron chi connectivity index (χ3n) is 3.93. The maximum atomic E-state index is 11.5. The van der Waals surface area contributed by atoms with Crippen molar-refractivity contribution in [3.05, 3.63) is 34.9 Å². The van der Waals surface area contributed by atoms with Gasteiger partial charge in [-0.2, -0.15) is 0 Å². The Kier molecular flexibility index (Phi) is 3.78. The van der Waals surface area contributed by atoms with Crippen molar-refractivity contribution in [3.63, 3.8) is 0 Å². The summed E-state index contributed by atoms with van der Waals surface area (Å²) in [6.07, 6.45) is 0. The van der Waals surface area contributed by atoms with E-state index in [1.807, 2.05) is 6.92 Å². The van der Waals surface area contributed by atoms with E-state index >= 15 is 0 Å². The lowest BCUT2D eigenvalue weighted by Crippen LogP contribution is -2.19. The molecular weight excluding hydrogens is 296 g/mol. The molecule has 3 aromatic rings. The normalized spacial score (nSPS) is 11.3. The van der Waals surface area contributed by atoms with E-state index in [9.17, 15) is 4.79 Å². The minimum absolute atomic E-state index is 0.0217. The molecule has 1 amide bonds. The number of carbonyl (C=O) groups is 1. The van der Waals surface area contributed by atoms with Gasteiger partial charge in [-0.3, -0.25) is 9.20 Å². The van der Waals surface area contributed by atoms with Gasteiger partial charge >= 0.3 is 0 Å². The van der Waals surface area contributed by atoms with E-state index in [1.54, 1.807) is 7.05 Å². The molecule has 0 spiro atoms. The molecule has 0 aliphatic rings. The highest BCUT2D eigenvalue weighted by Crippen LogP contribution is 2.28. The molecule has 2 heterocycles. The first-order valence-electron chi connectivity index (χ1n) is 7.11. The van der Waals surface area contributed by atoms with Gasteiger partial charge in [-0.25, -0.2) is 0 Å². The summed E-state index contributed by atoms with van der Waals surface area (Å²) in [7, 11) is 1.64. The molecule has 0 saturated heterocycles. The van der Waals surface area contributed by atoms with E-state index in [0.717, 1.165) is 27.3 Å². The van der Waals surface area contributed by atoms with Crippen LogP contribution in [0.4, 0.5) is 0 Å². The summed E-state index contributed by atoms with van der Waals surface area (Å²) in [6.45, 7) is 6.24. The van der Waals surface area contributed by atoms with Gasteiger partial charge in [0.25, 0.3) is 0 Å². The zero-order valence-electron chi connectivity index (χ0n) is 13.1. The van der Waals surface area contributed by atoms with Crippen LogP contribution in [-0.4, -0.2) is 33.3 Å². The van der Waals surface area contributed by atoms with Crippen LogP contribution in [0.5, 0.6) is 0 Å². The first-order valence-corrected chi connectivity index (χ1v) is 8.09. The molecule has 0 atom stereocenters. The standard InChI is InChI=1S/C16H18N4OS/c1-9-5-6-12-7-10(2)15-18-19-16(22-8-13(21)17-4)20(15)14(12)11(9)3/h5-7H,8H2,1-4H3,(H,17,21). The molecule has 0 saturated carbocycles. The minimum atomic E-state index is -0.0217. The fourth-order valence-electron chi connectivity index (χ4n) is 2.56. The van der Waals surface area contributed by atoms with Gasteiger partial charge in [0.15, 0.2) is 10.8 Å². The summed E-state index contributed by atoms with van der Waals surface area (Å²) in [6, 6.07) is 6.39. The number of nitrogens with zero attached hydrogens (tertiary/aromatic N) is 3. The average Bonchev–Trinajstić information content (AvgIpc) is 2.93. The van der Waals surface area contributed by atoms with Gasteiger partial charge in [-0.1, -0.05) is 23.9 Å². The Labute approximate surface area is 133 Å². The van der Waals surface area contributed by atoms with Crippen LogP contribution >= 0.6 is 11.8 Å². The van der Waals surface area contributed by atoms with Crippen molar-refractivity contribution in [2.24, 2.45) is 0 Å². The van der Waals surface area contributed by atoms with Crippen LogP contribution in [0.25, 0.3) is 16.6 Å². The van der Waals surface area contributed by atoms with Crippen LogP contribution in [0.1, 0.15) is 16.7 Å². The molecule has 114 valence electrons. The molecule has 0 aliphatic heterocycles. The molecule has 0 unspecified atom stereocenters. The molecule has 6 heteroatoms. The Morgan fingerprint density at radius 3 is 2.73 bits per heavy atom. The highest BCUT2D eigenvalue weighted by atomic mass is 32.2. The number of hydrogen-bond acceptors (Lipinski definition) is 4. The maximum absolute atomic E-state index is 11.5. The summed E-state index contributed by atoms with van der Waals surface area (Å²) in [5, 5.41) is 13.1. The predicted molar refractivity (Wildman–Crippen MR) is 89.5 cm³/mol. The van der Waals surface area contributed by atoms with Crippen molar-refractivity contribution in [3.8, 4) is 0 Å². The number of benzene rings is 1. The number of carbonyl (C=O) groups excluding carboxylic acids is 1. The van der Waals surface area contributed by atoms with Crippen molar-refractivity contribution < 1.29 is 4.79 Å². The number of amides is 1. The fourth-order valence-corrected chi connectivity index (χ4v) is 3.37. The fraction of sp³-hybridized carbons (Fsp3) is 0.312. The van der Waals surface area contributed by atoms with Gasteiger partial charge in [0, 0.05) is 7.05 Å². The molecule has 2 aromatic heterocycles. The van der Waals surface area contributed by atoms with E-state index in [0.29, 0.717) is 5.75 Å².